The van der Waals surface area contributed by atoms with Crippen LogP contribution in [0, 0.1) is 0 Å². The van der Waals surface area contributed by atoms with E-state index in [1.807, 2.05) is 0 Å². The molecule has 1 aromatic carbocycles. The highest BCUT2D eigenvalue weighted by Crippen LogP contribution is 2.05. The molecule has 3 unspecified atom stereocenters. The van der Waals surface area contributed by atoms with E-state index in [2.05, 4.69) is 21.3 Å². The Morgan fingerprint density at radius 2 is 1.57 bits per heavy atom. The van der Waals surface area contributed by atoms with Gasteiger partial charge in [0.05, 0.1) is 32.3 Å². The molecule has 42 heavy (non-hydrogen) atoms. The van der Waals surface area contributed by atoms with Gasteiger partial charge >= 0.3 is 0 Å². The number of ether oxygens (including phenoxy) is 2. The smallest absolute Gasteiger partial charge is 0.243 e. The Balaban J connectivity index is 2.92. The summed E-state index contributed by atoms with van der Waals surface area (Å²) in [5.74, 6) is -4.73. The van der Waals surface area contributed by atoms with Crippen molar-refractivity contribution in [3.8, 4) is 0 Å². The number of methoxy groups -OCH3 is 1. The zero-order valence-electron chi connectivity index (χ0n) is 23.7. The summed E-state index contributed by atoms with van der Waals surface area (Å²) in [4.78, 5) is 73.3. The van der Waals surface area contributed by atoms with Gasteiger partial charge in [0.15, 0.2) is 0 Å². The van der Waals surface area contributed by atoms with Crippen molar-refractivity contribution in [2.45, 2.75) is 56.8 Å². The number of amides is 4. The van der Waals surface area contributed by atoms with Crippen molar-refractivity contribution in [2.24, 2.45) is 11.5 Å². The van der Waals surface area contributed by atoms with Gasteiger partial charge in [-0.1, -0.05) is 30.7 Å². The molecule has 0 aromatic heterocycles. The van der Waals surface area contributed by atoms with E-state index < -0.39 is 60.6 Å². The van der Waals surface area contributed by atoms with Gasteiger partial charge in [0.2, 0.25) is 23.6 Å². The van der Waals surface area contributed by atoms with E-state index in [9.17, 15) is 33.9 Å². The molecule has 0 saturated carbocycles. The fraction of sp³-hybridized carbons (Fsp3) is 0.556. The van der Waals surface area contributed by atoms with E-state index in [0.717, 1.165) is 0 Å². The molecule has 0 radical (unpaired) electrons. The second-order valence-corrected chi connectivity index (χ2v) is 9.33. The first-order valence-electron chi connectivity index (χ1n) is 13.5. The molecule has 234 valence electrons. The molecule has 0 spiro atoms. The van der Waals surface area contributed by atoms with Gasteiger partial charge in [0, 0.05) is 38.2 Å². The van der Waals surface area contributed by atoms with E-state index in [-0.39, 0.29) is 32.7 Å². The number of aliphatic carboxylic acids is 1. The van der Waals surface area contributed by atoms with Crippen LogP contribution in [-0.2, 0) is 40.0 Å². The van der Waals surface area contributed by atoms with Crippen LogP contribution >= 0.6 is 0 Å². The van der Waals surface area contributed by atoms with Crippen molar-refractivity contribution in [3.63, 3.8) is 0 Å². The highest BCUT2D eigenvalue weighted by atomic mass is 16.5. The Hall–Kier alpha value is -3.92. The van der Waals surface area contributed by atoms with E-state index >= 15 is 0 Å². The molecule has 0 fully saturated rings. The summed E-state index contributed by atoms with van der Waals surface area (Å²) in [5.41, 5.74) is 12.5. The Morgan fingerprint density at radius 1 is 0.905 bits per heavy atom. The number of carbonyl (C=O) groups is 6. The van der Waals surface area contributed by atoms with Gasteiger partial charge in [-0.15, -0.1) is 0 Å². The van der Waals surface area contributed by atoms with Gasteiger partial charge in [0.1, 0.15) is 18.4 Å². The molecule has 15 heteroatoms. The fourth-order valence-electron chi connectivity index (χ4n) is 3.56. The molecule has 3 atom stereocenters. The number of unbranched alkanes of at least 4 members (excludes halogenated alkanes) is 1. The maximum absolute atomic E-state index is 13.2. The molecule has 0 aliphatic heterocycles. The zero-order chi connectivity index (χ0) is 31.3. The molecule has 0 aliphatic carbocycles. The predicted octanol–water partition coefficient (Wildman–Crippen LogP) is -3.15. The first kappa shape index (κ1) is 36.1. The van der Waals surface area contributed by atoms with Crippen LogP contribution < -0.4 is 37.8 Å². The highest BCUT2D eigenvalue weighted by Gasteiger charge is 2.30. The molecule has 1 rings (SSSR count). The quantitative estimate of drug-likeness (QED) is 0.0579. The minimum atomic E-state index is -1.60. The van der Waals surface area contributed by atoms with E-state index in [1.165, 1.54) is 7.11 Å². The summed E-state index contributed by atoms with van der Waals surface area (Å²) in [6, 6.07) is 2.40. The van der Waals surface area contributed by atoms with Crippen molar-refractivity contribution in [2.75, 3.05) is 40.0 Å². The molecule has 0 aliphatic rings. The molecule has 8 N–H and O–H groups in total. The number of nitrogens with one attached hydrogen (secondary N) is 4. The minimum Gasteiger partial charge on any atom is -0.550 e. The van der Waals surface area contributed by atoms with E-state index in [0.29, 0.717) is 43.4 Å². The molecule has 4 amide bonds. The van der Waals surface area contributed by atoms with Crippen LogP contribution in [0.3, 0.4) is 0 Å². The van der Waals surface area contributed by atoms with Gasteiger partial charge in [0.25, 0.3) is 0 Å². The van der Waals surface area contributed by atoms with Crippen molar-refractivity contribution >= 4 is 35.9 Å². The third-order valence-corrected chi connectivity index (χ3v) is 5.92. The van der Waals surface area contributed by atoms with Gasteiger partial charge < -0.3 is 52.1 Å². The number of nitrogens with two attached hydrogens (primary N) is 2. The van der Waals surface area contributed by atoms with Crippen LogP contribution in [-0.4, -0.2) is 94.0 Å². The van der Waals surface area contributed by atoms with Crippen LogP contribution in [0.25, 0.3) is 0 Å². The first-order valence-corrected chi connectivity index (χ1v) is 13.5. The minimum absolute atomic E-state index is 0.0238. The number of hydrogen-bond acceptors (Lipinski definition) is 11. The predicted molar refractivity (Wildman–Crippen MR) is 148 cm³/mol. The third kappa shape index (κ3) is 15.2. The van der Waals surface area contributed by atoms with Gasteiger partial charge in [-0.3, -0.25) is 24.0 Å². The monoisotopic (exact) mass is 593 g/mol. The lowest BCUT2D eigenvalue weighted by molar-refractivity contribution is -0.306. The average Bonchev–Trinajstić information content (AvgIpc) is 2.97. The van der Waals surface area contributed by atoms with Crippen molar-refractivity contribution in [3.05, 3.63) is 35.4 Å². The summed E-state index contributed by atoms with van der Waals surface area (Å²) in [5, 5.41) is 21.1. The summed E-state index contributed by atoms with van der Waals surface area (Å²) in [6.45, 7) is 1.25. The summed E-state index contributed by atoms with van der Waals surface area (Å²) in [6.07, 6.45) is 0.770. The Kier molecular flexibility index (Phi) is 18.0. The zero-order valence-corrected chi connectivity index (χ0v) is 23.7. The number of rotatable bonds is 22. The highest BCUT2D eigenvalue weighted by molar-refractivity contribution is 5.96. The van der Waals surface area contributed by atoms with E-state index in [4.69, 9.17) is 20.9 Å². The summed E-state index contributed by atoms with van der Waals surface area (Å²) < 4.78 is 10.1. The topological polar surface area (TPSA) is 244 Å². The second-order valence-electron chi connectivity index (χ2n) is 9.33. The van der Waals surface area contributed by atoms with Crippen molar-refractivity contribution in [1.29, 1.82) is 0 Å². The number of carboxylic acids is 1. The normalized spacial score (nSPS) is 12.8. The lowest BCUT2D eigenvalue weighted by Gasteiger charge is -2.24. The SMILES string of the molecule is COCCOCCNC(=O)C(CC(=O)[O-])NC(=O)C(CC(=O)NCc1ccc(C=O)cc1)NC(=O)C(N)CCCCN. The van der Waals surface area contributed by atoms with Crippen molar-refractivity contribution < 1.29 is 43.3 Å². The molecular weight excluding hydrogens is 552 g/mol. The summed E-state index contributed by atoms with van der Waals surface area (Å²) in [7, 11) is 1.50. The van der Waals surface area contributed by atoms with Gasteiger partial charge in [-0.25, -0.2) is 0 Å². The molecule has 1 aromatic rings. The molecule has 0 saturated heterocycles. The van der Waals surface area contributed by atoms with Gasteiger partial charge in [-0.05, 0) is 24.9 Å². The molecular formula is C27H41N6O9-. The van der Waals surface area contributed by atoms with Crippen LogP contribution in [0.5, 0.6) is 0 Å². The molecule has 0 heterocycles. The maximum atomic E-state index is 13.2. The lowest BCUT2D eigenvalue weighted by Crippen LogP contribution is -2.57. The Labute approximate surface area is 244 Å². The average molecular weight is 594 g/mol. The second kappa shape index (κ2) is 20.9. The lowest BCUT2D eigenvalue weighted by atomic mass is 10.1. The Bertz CT molecular complexity index is 1020. The standard InChI is InChI=1S/C27H42N6O9/c1-41-12-13-42-11-10-30-26(39)22(15-24(36)37)33-27(40)21(32-25(38)20(29)4-2-3-9-28)14-23(35)31-16-18-5-7-19(17-34)8-6-18/h5-8,17,20-22H,2-4,9-16,28-29H2,1H3,(H,30,39)(H,31,35)(H,32,38)(H,33,40)(H,36,37)/p-1. The number of carboxylic acid groups (broad SMARTS) is 1. The first-order chi connectivity index (χ1) is 20.1. The van der Waals surface area contributed by atoms with E-state index in [1.54, 1.807) is 24.3 Å². The van der Waals surface area contributed by atoms with Crippen LogP contribution in [0.2, 0.25) is 0 Å². The molecule has 15 nitrogen and oxygen atoms in total. The number of hydrogen-bond donors (Lipinski definition) is 6. The third-order valence-electron chi connectivity index (χ3n) is 5.92. The maximum Gasteiger partial charge on any atom is 0.243 e. The fourth-order valence-corrected chi connectivity index (χ4v) is 3.56. The van der Waals surface area contributed by atoms with Crippen LogP contribution in [0.4, 0.5) is 0 Å². The number of benzene rings is 1. The molecule has 0 bridgehead atoms. The van der Waals surface area contributed by atoms with Crippen LogP contribution in [0.15, 0.2) is 24.3 Å². The van der Waals surface area contributed by atoms with Gasteiger partial charge in [-0.2, -0.15) is 0 Å². The Morgan fingerprint density at radius 3 is 2.19 bits per heavy atom. The number of aldehydes is 1. The summed E-state index contributed by atoms with van der Waals surface area (Å²) >= 11 is 0. The van der Waals surface area contributed by atoms with Crippen molar-refractivity contribution in [1.82, 2.24) is 21.3 Å². The number of carbonyl (C=O) groups excluding carboxylic acids is 6. The van der Waals surface area contributed by atoms with Crippen LogP contribution in [0.1, 0.15) is 48.0 Å². The largest absolute Gasteiger partial charge is 0.550 e.